The van der Waals surface area contributed by atoms with Gasteiger partial charge in [-0.3, -0.25) is 0 Å². The molecule has 0 bridgehead atoms. The molecule has 1 aliphatic carbocycles. The third kappa shape index (κ3) is 3.11. The summed E-state index contributed by atoms with van der Waals surface area (Å²) in [5, 5.41) is 3.55. The van der Waals surface area contributed by atoms with Crippen LogP contribution in [0.3, 0.4) is 0 Å². The summed E-state index contributed by atoms with van der Waals surface area (Å²) in [5.74, 6) is 0. The van der Waals surface area contributed by atoms with Crippen LogP contribution >= 0.6 is 0 Å². The molecule has 0 spiro atoms. The SMILES string of the molecule is CC(N)CCCNC1CC1(C)C. The Labute approximate surface area is 75.9 Å². The second-order valence-electron chi connectivity index (χ2n) is 4.82. The van der Waals surface area contributed by atoms with Crippen molar-refractivity contribution >= 4 is 0 Å². The highest BCUT2D eigenvalue weighted by molar-refractivity contribution is 5.01. The topological polar surface area (TPSA) is 38.0 Å². The largest absolute Gasteiger partial charge is 0.328 e. The van der Waals surface area contributed by atoms with Crippen LogP contribution in [0.15, 0.2) is 0 Å². The van der Waals surface area contributed by atoms with E-state index in [0.29, 0.717) is 11.5 Å². The predicted molar refractivity (Wildman–Crippen MR) is 53.1 cm³/mol. The molecule has 0 aromatic carbocycles. The van der Waals surface area contributed by atoms with Crippen LogP contribution in [-0.4, -0.2) is 18.6 Å². The number of hydrogen-bond donors (Lipinski definition) is 2. The Bertz CT molecular complexity index is 141. The van der Waals surface area contributed by atoms with Crippen LogP contribution in [0.4, 0.5) is 0 Å². The van der Waals surface area contributed by atoms with Gasteiger partial charge in [0.2, 0.25) is 0 Å². The molecule has 0 aromatic rings. The van der Waals surface area contributed by atoms with Gasteiger partial charge in [-0.05, 0) is 38.1 Å². The molecule has 1 saturated carbocycles. The second kappa shape index (κ2) is 3.75. The Morgan fingerprint density at radius 1 is 1.58 bits per heavy atom. The maximum atomic E-state index is 5.65. The van der Waals surface area contributed by atoms with Crippen molar-refractivity contribution in [3.63, 3.8) is 0 Å². The highest BCUT2D eigenvalue weighted by atomic mass is 15.0. The Balaban J connectivity index is 1.91. The fraction of sp³-hybridized carbons (Fsp3) is 1.00. The zero-order valence-electron chi connectivity index (χ0n) is 8.56. The van der Waals surface area contributed by atoms with Crippen LogP contribution in [0.1, 0.15) is 40.0 Å². The van der Waals surface area contributed by atoms with Gasteiger partial charge >= 0.3 is 0 Å². The van der Waals surface area contributed by atoms with Crippen molar-refractivity contribution in [1.82, 2.24) is 5.32 Å². The van der Waals surface area contributed by atoms with E-state index in [2.05, 4.69) is 26.1 Å². The van der Waals surface area contributed by atoms with Crippen LogP contribution in [0, 0.1) is 5.41 Å². The molecule has 3 N–H and O–H groups in total. The van der Waals surface area contributed by atoms with E-state index >= 15 is 0 Å². The molecule has 0 aromatic heterocycles. The molecular formula is C10H22N2. The van der Waals surface area contributed by atoms with Crippen LogP contribution in [0.2, 0.25) is 0 Å². The highest BCUT2D eigenvalue weighted by Crippen LogP contribution is 2.44. The lowest BCUT2D eigenvalue weighted by atomic mass is 10.2. The molecule has 72 valence electrons. The monoisotopic (exact) mass is 170 g/mol. The van der Waals surface area contributed by atoms with Crippen LogP contribution in [-0.2, 0) is 0 Å². The first-order chi connectivity index (χ1) is 5.52. The van der Waals surface area contributed by atoms with Crippen molar-refractivity contribution in [1.29, 1.82) is 0 Å². The Morgan fingerprint density at radius 2 is 2.17 bits per heavy atom. The molecule has 12 heavy (non-hydrogen) atoms. The van der Waals surface area contributed by atoms with E-state index in [1.165, 1.54) is 12.8 Å². The van der Waals surface area contributed by atoms with Gasteiger partial charge in [0.15, 0.2) is 0 Å². The summed E-state index contributed by atoms with van der Waals surface area (Å²) in [6, 6.07) is 1.13. The van der Waals surface area contributed by atoms with Crippen molar-refractivity contribution < 1.29 is 0 Å². The van der Waals surface area contributed by atoms with Crippen molar-refractivity contribution in [2.45, 2.75) is 52.1 Å². The second-order valence-corrected chi connectivity index (χ2v) is 4.82. The van der Waals surface area contributed by atoms with Gasteiger partial charge in [0.1, 0.15) is 0 Å². The third-order valence-corrected chi connectivity index (χ3v) is 2.74. The van der Waals surface area contributed by atoms with Gasteiger partial charge in [-0.15, -0.1) is 0 Å². The normalized spacial score (nSPS) is 28.5. The summed E-state index contributed by atoms with van der Waals surface area (Å²) in [6.45, 7) is 7.84. The molecule has 1 aliphatic rings. The molecule has 0 saturated heterocycles. The Kier molecular flexibility index (Phi) is 3.13. The molecule has 2 heteroatoms. The summed E-state index contributed by atoms with van der Waals surface area (Å²) in [4.78, 5) is 0. The van der Waals surface area contributed by atoms with E-state index in [9.17, 15) is 0 Å². The Hall–Kier alpha value is -0.0800. The molecule has 1 fully saturated rings. The molecule has 2 nitrogen and oxygen atoms in total. The summed E-state index contributed by atoms with van der Waals surface area (Å²) >= 11 is 0. The minimum Gasteiger partial charge on any atom is -0.328 e. The highest BCUT2D eigenvalue weighted by Gasteiger charge is 2.44. The average molecular weight is 170 g/mol. The number of rotatable bonds is 5. The summed E-state index contributed by atoms with van der Waals surface area (Å²) in [7, 11) is 0. The lowest BCUT2D eigenvalue weighted by molar-refractivity contribution is 0.516. The van der Waals surface area contributed by atoms with Crippen molar-refractivity contribution in [3.05, 3.63) is 0 Å². The molecule has 1 rings (SSSR count). The number of nitrogens with one attached hydrogen (secondary N) is 1. The van der Waals surface area contributed by atoms with E-state index < -0.39 is 0 Å². The van der Waals surface area contributed by atoms with E-state index in [1.807, 2.05) is 0 Å². The van der Waals surface area contributed by atoms with E-state index in [1.54, 1.807) is 0 Å². The van der Waals surface area contributed by atoms with Crippen molar-refractivity contribution in [2.24, 2.45) is 11.1 Å². The van der Waals surface area contributed by atoms with Gasteiger partial charge in [-0.25, -0.2) is 0 Å². The fourth-order valence-corrected chi connectivity index (χ4v) is 1.52. The van der Waals surface area contributed by atoms with Gasteiger partial charge in [0, 0.05) is 12.1 Å². The molecule has 0 aliphatic heterocycles. The maximum absolute atomic E-state index is 5.65. The minimum absolute atomic E-state index is 0.360. The summed E-state index contributed by atoms with van der Waals surface area (Å²) in [6.07, 6.45) is 3.69. The maximum Gasteiger partial charge on any atom is 0.0124 e. The summed E-state index contributed by atoms with van der Waals surface area (Å²) in [5.41, 5.74) is 6.21. The van der Waals surface area contributed by atoms with E-state index in [0.717, 1.165) is 19.0 Å². The minimum atomic E-state index is 0.360. The Morgan fingerprint density at radius 3 is 2.58 bits per heavy atom. The molecule has 0 heterocycles. The van der Waals surface area contributed by atoms with Gasteiger partial charge < -0.3 is 11.1 Å². The first-order valence-electron chi connectivity index (χ1n) is 5.01. The molecule has 2 unspecified atom stereocenters. The van der Waals surface area contributed by atoms with Crippen LogP contribution in [0.25, 0.3) is 0 Å². The molecule has 2 atom stereocenters. The van der Waals surface area contributed by atoms with Crippen LogP contribution in [0.5, 0.6) is 0 Å². The smallest absolute Gasteiger partial charge is 0.0124 e. The standard InChI is InChI=1S/C10H22N2/c1-8(11)5-4-6-12-9-7-10(9,2)3/h8-9,12H,4-7,11H2,1-3H3. The first kappa shape index (κ1) is 10.0. The van der Waals surface area contributed by atoms with Gasteiger partial charge in [-0.1, -0.05) is 13.8 Å². The first-order valence-corrected chi connectivity index (χ1v) is 5.01. The van der Waals surface area contributed by atoms with Crippen LogP contribution < -0.4 is 11.1 Å². The van der Waals surface area contributed by atoms with Crippen molar-refractivity contribution in [3.8, 4) is 0 Å². The molecule has 0 radical (unpaired) electrons. The average Bonchev–Trinajstić information content (AvgIpc) is 2.51. The third-order valence-electron chi connectivity index (χ3n) is 2.74. The number of nitrogens with two attached hydrogens (primary N) is 1. The predicted octanol–water partition coefficient (Wildman–Crippen LogP) is 1.50. The quantitative estimate of drug-likeness (QED) is 0.614. The summed E-state index contributed by atoms with van der Waals surface area (Å²) < 4.78 is 0. The fourth-order valence-electron chi connectivity index (χ4n) is 1.52. The zero-order valence-corrected chi connectivity index (χ0v) is 8.56. The van der Waals surface area contributed by atoms with E-state index in [-0.39, 0.29) is 0 Å². The van der Waals surface area contributed by atoms with Gasteiger partial charge in [0.25, 0.3) is 0 Å². The lowest BCUT2D eigenvalue weighted by Crippen LogP contribution is -2.24. The number of hydrogen-bond acceptors (Lipinski definition) is 2. The van der Waals surface area contributed by atoms with E-state index in [4.69, 9.17) is 5.73 Å². The zero-order chi connectivity index (χ0) is 9.19. The lowest BCUT2D eigenvalue weighted by Gasteiger charge is -2.07. The van der Waals surface area contributed by atoms with Gasteiger partial charge in [0.05, 0.1) is 0 Å². The molecule has 0 amide bonds. The van der Waals surface area contributed by atoms with Gasteiger partial charge in [-0.2, -0.15) is 0 Å². The molecular weight excluding hydrogens is 148 g/mol. The van der Waals surface area contributed by atoms with Crippen molar-refractivity contribution in [2.75, 3.05) is 6.54 Å².